The third-order valence-electron chi connectivity index (χ3n) is 1.78. The van der Waals surface area contributed by atoms with E-state index in [9.17, 15) is 4.79 Å². The fourth-order valence-corrected chi connectivity index (χ4v) is 1.16. The number of nitrogens with one attached hydrogen (secondary N) is 2. The van der Waals surface area contributed by atoms with Gasteiger partial charge in [-0.15, -0.1) is 0 Å². The van der Waals surface area contributed by atoms with Crippen molar-refractivity contribution in [2.45, 2.75) is 13.8 Å². The van der Waals surface area contributed by atoms with E-state index in [-0.39, 0.29) is 17.6 Å². The van der Waals surface area contributed by atoms with Gasteiger partial charge < -0.3 is 10.6 Å². The minimum atomic E-state index is -0.0876. The van der Waals surface area contributed by atoms with Crippen LogP contribution in [0, 0.1) is 5.92 Å². The summed E-state index contributed by atoms with van der Waals surface area (Å²) in [4.78, 5) is 19.2. The lowest BCUT2D eigenvalue weighted by molar-refractivity contribution is -0.119. The normalized spacial score (nSPS) is 10.2. The Hall–Kier alpha value is -1.36. The molecule has 1 heterocycles. The summed E-state index contributed by atoms with van der Waals surface area (Å²) in [6.07, 6.45) is 3.01. The van der Waals surface area contributed by atoms with Gasteiger partial charge in [-0.1, -0.05) is 25.4 Å². The molecule has 0 saturated heterocycles. The zero-order chi connectivity index (χ0) is 12.0. The number of rotatable bonds is 5. The van der Waals surface area contributed by atoms with E-state index in [1.165, 1.54) is 12.4 Å². The van der Waals surface area contributed by atoms with Crippen LogP contribution in [-0.2, 0) is 4.79 Å². The van der Waals surface area contributed by atoms with Crippen molar-refractivity contribution >= 4 is 23.3 Å². The average Bonchev–Trinajstić information content (AvgIpc) is 2.25. The van der Waals surface area contributed by atoms with Crippen molar-refractivity contribution in [1.29, 1.82) is 0 Å². The van der Waals surface area contributed by atoms with Crippen molar-refractivity contribution in [1.82, 2.24) is 15.3 Å². The number of anilines is 1. The molecule has 0 aliphatic carbocycles. The minimum Gasteiger partial charge on any atom is -0.358 e. The van der Waals surface area contributed by atoms with Crippen LogP contribution in [-0.4, -0.2) is 29.0 Å². The van der Waals surface area contributed by atoms with Gasteiger partial charge >= 0.3 is 0 Å². The number of amides is 1. The van der Waals surface area contributed by atoms with Crippen molar-refractivity contribution in [2.75, 3.05) is 18.4 Å². The molecule has 0 fully saturated rings. The molecule has 0 radical (unpaired) electrons. The van der Waals surface area contributed by atoms with E-state index >= 15 is 0 Å². The van der Waals surface area contributed by atoms with E-state index in [4.69, 9.17) is 11.6 Å². The van der Waals surface area contributed by atoms with Crippen LogP contribution in [0.4, 0.5) is 5.82 Å². The summed E-state index contributed by atoms with van der Waals surface area (Å²) in [7, 11) is 0. The number of carbonyl (C=O) groups is 1. The Morgan fingerprint density at radius 3 is 2.75 bits per heavy atom. The monoisotopic (exact) mass is 242 g/mol. The highest BCUT2D eigenvalue weighted by Gasteiger charge is 2.05. The molecule has 0 bridgehead atoms. The summed E-state index contributed by atoms with van der Waals surface area (Å²) in [5, 5.41) is 5.86. The Morgan fingerprint density at radius 2 is 2.12 bits per heavy atom. The van der Waals surface area contributed by atoms with Gasteiger partial charge in [0.15, 0.2) is 11.0 Å². The highest BCUT2D eigenvalue weighted by atomic mass is 35.5. The molecular formula is C10H15ClN4O. The van der Waals surface area contributed by atoms with E-state index in [1.807, 2.05) is 13.8 Å². The molecule has 2 N–H and O–H groups in total. The third kappa shape index (κ3) is 4.44. The molecule has 1 aromatic rings. The molecule has 5 nitrogen and oxygen atoms in total. The number of hydrogen-bond acceptors (Lipinski definition) is 4. The lowest BCUT2D eigenvalue weighted by atomic mass is 10.2. The molecule has 0 unspecified atom stereocenters. The highest BCUT2D eigenvalue weighted by molar-refractivity contribution is 6.31. The predicted molar refractivity (Wildman–Crippen MR) is 63.4 cm³/mol. The summed E-state index contributed by atoms with van der Waals surface area (Å²) in [5.74, 6) is 0.767. The van der Waals surface area contributed by atoms with E-state index in [2.05, 4.69) is 20.6 Å². The van der Waals surface area contributed by atoms with Crippen LogP contribution in [0.5, 0.6) is 0 Å². The molecule has 1 rings (SSSR count). The van der Waals surface area contributed by atoms with Gasteiger partial charge in [-0.05, 0) is 5.92 Å². The van der Waals surface area contributed by atoms with Crippen molar-refractivity contribution < 1.29 is 4.79 Å². The topological polar surface area (TPSA) is 66.9 Å². The van der Waals surface area contributed by atoms with Crippen molar-refractivity contribution in [2.24, 2.45) is 5.92 Å². The molecule has 1 aromatic heterocycles. The number of nitrogens with zero attached hydrogens (tertiary/aromatic N) is 2. The van der Waals surface area contributed by atoms with Crippen molar-refractivity contribution in [3.8, 4) is 0 Å². The summed E-state index contributed by atoms with van der Waals surface area (Å²) in [6, 6.07) is 0. The summed E-state index contributed by atoms with van der Waals surface area (Å²) < 4.78 is 0. The largest absolute Gasteiger partial charge is 0.358 e. The second kappa shape index (κ2) is 6.27. The van der Waals surface area contributed by atoms with Gasteiger partial charge in [0.2, 0.25) is 5.91 Å². The van der Waals surface area contributed by atoms with Crippen LogP contribution >= 0.6 is 11.6 Å². The fraction of sp³-hybridized carbons (Fsp3) is 0.500. The maximum Gasteiger partial charge on any atom is 0.239 e. The minimum absolute atomic E-state index is 0.0876. The SMILES string of the molecule is CC(C)CNC(=O)CNc1nccnc1Cl. The number of carbonyl (C=O) groups excluding carboxylic acids is 1. The highest BCUT2D eigenvalue weighted by Crippen LogP contribution is 2.13. The molecular weight excluding hydrogens is 228 g/mol. The molecule has 1 amide bonds. The zero-order valence-corrected chi connectivity index (χ0v) is 10.1. The smallest absolute Gasteiger partial charge is 0.239 e. The van der Waals surface area contributed by atoms with Gasteiger partial charge in [0, 0.05) is 18.9 Å². The fourth-order valence-electron chi connectivity index (χ4n) is 0.984. The zero-order valence-electron chi connectivity index (χ0n) is 9.33. The van der Waals surface area contributed by atoms with Crippen molar-refractivity contribution in [3.05, 3.63) is 17.5 Å². The van der Waals surface area contributed by atoms with Gasteiger partial charge in [0.1, 0.15) is 0 Å². The molecule has 0 aromatic carbocycles. The first-order valence-corrected chi connectivity index (χ1v) is 5.44. The molecule has 0 aliphatic rings. The first-order valence-electron chi connectivity index (χ1n) is 5.06. The van der Waals surface area contributed by atoms with E-state index in [1.54, 1.807) is 0 Å². The summed E-state index contributed by atoms with van der Waals surface area (Å²) >= 11 is 5.77. The van der Waals surface area contributed by atoms with Gasteiger partial charge in [-0.2, -0.15) is 0 Å². The first-order chi connectivity index (χ1) is 7.59. The van der Waals surface area contributed by atoms with Crippen LogP contribution in [0.25, 0.3) is 0 Å². The molecule has 0 spiro atoms. The second-order valence-electron chi connectivity index (χ2n) is 3.75. The van der Waals surface area contributed by atoms with E-state index in [0.29, 0.717) is 18.3 Å². The molecule has 0 atom stereocenters. The molecule has 0 aliphatic heterocycles. The Labute approximate surface area is 99.6 Å². The molecule has 0 saturated carbocycles. The third-order valence-corrected chi connectivity index (χ3v) is 2.05. The second-order valence-corrected chi connectivity index (χ2v) is 4.11. The Morgan fingerprint density at radius 1 is 1.44 bits per heavy atom. The number of aromatic nitrogens is 2. The van der Waals surface area contributed by atoms with Gasteiger partial charge in [-0.25, -0.2) is 9.97 Å². The van der Waals surface area contributed by atoms with Crippen LogP contribution in [0.1, 0.15) is 13.8 Å². The quantitative estimate of drug-likeness (QED) is 0.817. The lowest BCUT2D eigenvalue weighted by Gasteiger charge is -2.09. The Balaban J connectivity index is 2.35. The van der Waals surface area contributed by atoms with E-state index in [0.717, 1.165) is 0 Å². The lowest BCUT2D eigenvalue weighted by Crippen LogP contribution is -2.32. The number of hydrogen-bond donors (Lipinski definition) is 2. The molecule has 88 valence electrons. The summed E-state index contributed by atoms with van der Waals surface area (Å²) in [5.41, 5.74) is 0. The maximum atomic E-state index is 11.4. The standard InChI is InChI=1S/C10H15ClN4O/c1-7(2)5-14-8(16)6-15-10-9(11)12-3-4-13-10/h3-4,7H,5-6H2,1-2H3,(H,13,15)(H,14,16). The number of halogens is 1. The predicted octanol–water partition coefficient (Wildman–Crippen LogP) is 1.31. The maximum absolute atomic E-state index is 11.4. The molecule has 16 heavy (non-hydrogen) atoms. The van der Waals surface area contributed by atoms with Gasteiger partial charge in [-0.3, -0.25) is 4.79 Å². The molecule has 6 heteroatoms. The first kappa shape index (κ1) is 12.7. The van der Waals surface area contributed by atoms with Crippen LogP contribution < -0.4 is 10.6 Å². The Bertz CT molecular complexity index is 356. The van der Waals surface area contributed by atoms with Crippen LogP contribution in [0.15, 0.2) is 12.4 Å². The van der Waals surface area contributed by atoms with Gasteiger partial charge in [0.05, 0.1) is 6.54 Å². The van der Waals surface area contributed by atoms with Gasteiger partial charge in [0.25, 0.3) is 0 Å². The summed E-state index contributed by atoms with van der Waals surface area (Å²) in [6.45, 7) is 4.88. The van der Waals surface area contributed by atoms with E-state index < -0.39 is 0 Å². The van der Waals surface area contributed by atoms with Crippen LogP contribution in [0.3, 0.4) is 0 Å². The Kier molecular flexibility index (Phi) is 4.98. The van der Waals surface area contributed by atoms with Crippen molar-refractivity contribution in [3.63, 3.8) is 0 Å². The van der Waals surface area contributed by atoms with Crippen LogP contribution in [0.2, 0.25) is 5.15 Å². The average molecular weight is 243 g/mol.